The molecule has 0 aliphatic carbocycles. The first-order valence-corrected chi connectivity index (χ1v) is 12.8. The van der Waals surface area contributed by atoms with Gasteiger partial charge in [-0.1, -0.05) is 0 Å². The van der Waals surface area contributed by atoms with Crippen molar-refractivity contribution in [3.05, 3.63) is 34.9 Å². The average Bonchev–Trinajstić information content (AvgIpc) is 3.45. The van der Waals surface area contributed by atoms with Gasteiger partial charge in [0, 0.05) is 49.4 Å². The molecule has 1 aromatic rings. The highest BCUT2D eigenvalue weighted by atomic mass is 16.3. The Morgan fingerprint density at radius 3 is 1.78 bits per heavy atom. The van der Waals surface area contributed by atoms with Gasteiger partial charge in [0.15, 0.2) is 0 Å². The Kier molecular flexibility index (Phi) is 7.60. The molecule has 3 heterocycles. The smallest absolute Gasteiger partial charge is 0.113 e. The van der Waals surface area contributed by atoms with E-state index in [0.717, 1.165) is 73.9 Å². The van der Waals surface area contributed by atoms with Crippen LogP contribution in [0.25, 0.3) is 0 Å². The van der Waals surface area contributed by atoms with Crippen molar-refractivity contribution in [2.45, 2.75) is 76.3 Å². The van der Waals surface area contributed by atoms with Crippen LogP contribution in [0.5, 0.6) is 0 Å². The van der Waals surface area contributed by atoms with E-state index in [9.17, 15) is 15.3 Å². The Balaban J connectivity index is 1.60. The maximum Gasteiger partial charge on any atom is 0.113 e. The van der Waals surface area contributed by atoms with Crippen LogP contribution in [-0.4, -0.2) is 101 Å². The second-order valence-corrected chi connectivity index (χ2v) is 11.3. The van der Waals surface area contributed by atoms with Crippen LogP contribution < -0.4 is 0 Å². The zero-order chi connectivity index (χ0) is 22.8. The summed E-state index contributed by atoms with van der Waals surface area (Å²) < 4.78 is 1.85. The molecule has 0 saturated carbocycles. The van der Waals surface area contributed by atoms with Crippen molar-refractivity contribution in [3.63, 3.8) is 0 Å². The van der Waals surface area contributed by atoms with Gasteiger partial charge in [-0.05, 0) is 43.1 Å². The van der Waals surface area contributed by atoms with Crippen molar-refractivity contribution >= 4 is 0 Å². The topological polar surface area (TPSA) is 63.9 Å². The Hall–Kier alpha value is -1.02. The van der Waals surface area contributed by atoms with Gasteiger partial charge < -0.3 is 24.3 Å². The summed E-state index contributed by atoms with van der Waals surface area (Å²) in [7, 11) is 4.61. The normalized spacial score (nSPS) is 35.7. The maximum absolute atomic E-state index is 9.94. The van der Waals surface area contributed by atoms with Crippen molar-refractivity contribution in [1.82, 2.24) is 4.90 Å². The van der Waals surface area contributed by atoms with E-state index in [2.05, 4.69) is 37.2 Å². The van der Waals surface area contributed by atoms with Gasteiger partial charge in [-0.25, -0.2) is 0 Å². The van der Waals surface area contributed by atoms with E-state index in [1.54, 1.807) is 0 Å². The Morgan fingerprint density at radius 1 is 0.750 bits per heavy atom. The van der Waals surface area contributed by atoms with E-state index in [-0.39, 0.29) is 25.9 Å². The summed E-state index contributed by atoms with van der Waals surface area (Å²) >= 11 is 0. The third-order valence-electron chi connectivity index (χ3n) is 8.89. The van der Waals surface area contributed by atoms with E-state index in [1.807, 2.05) is 0 Å². The number of hydrogen-bond donors (Lipinski definition) is 3. The number of likely N-dealkylation sites (N-methyl/N-ethyl adjacent to an activating group) is 2. The first kappa shape index (κ1) is 24.1. The van der Waals surface area contributed by atoms with Crippen molar-refractivity contribution in [3.8, 4) is 0 Å². The Morgan fingerprint density at radius 2 is 1.28 bits per heavy atom. The van der Waals surface area contributed by atoms with Gasteiger partial charge >= 0.3 is 0 Å². The van der Waals surface area contributed by atoms with Crippen LogP contribution in [-0.2, 0) is 19.6 Å². The van der Waals surface area contributed by atoms with E-state index >= 15 is 0 Å². The fraction of sp³-hybridized carbons (Fsp3) is 0.769. The molecule has 1 aromatic carbocycles. The minimum Gasteiger partial charge on any atom is -0.395 e. The van der Waals surface area contributed by atoms with Crippen LogP contribution >= 0.6 is 0 Å². The third-order valence-corrected chi connectivity index (χ3v) is 8.89. The number of quaternary nitrogens is 2. The molecule has 4 rings (SSSR count). The fourth-order valence-corrected chi connectivity index (χ4v) is 6.85. The quantitative estimate of drug-likeness (QED) is 0.506. The summed E-state index contributed by atoms with van der Waals surface area (Å²) in [6.45, 7) is 6.91. The minimum absolute atomic E-state index is 0.243. The number of aliphatic hydroxyl groups is 3. The maximum atomic E-state index is 9.94. The lowest BCUT2D eigenvalue weighted by molar-refractivity contribution is -0.935. The minimum atomic E-state index is 0.243. The number of benzene rings is 1. The SMILES string of the molecule is C[N+]1(Cc2cc(CN3CCC[C@H]3CO)cc(C[N+]3(C)CCC[C@H]3CO)c2)CCC[C@H]1CO. The zero-order valence-corrected chi connectivity index (χ0v) is 20.3. The molecule has 0 aromatic heterocycles. The van der Waals surface area contributed by atoms with Crippen molar-refractivity contribution in [2.24, 2.45) is 0 Å². The predicted molar refractivity (Wildman–Crippen MR) is 127 cm³/mol. The number of nitrogens with zero attached hydrogens (tertiary/aromatic N) is 3. The molecule has 180 valence electrons. The van der Waals surface area contributed by atoms with Gasteiger partial charge in [0.05, 0.1) is 47.0 Å². The van der Waals surface area contributed by atoms with Crippen molar-refractivity contribution < 1.29 is 24.3 Å². The average molecular weight is 448 g/mol. The van der Waals surface area contributed by atoms with Crippen LogP contribution in [0.4, 0.5) is 0 Å². The van der Waals surface area contributed by atoms with E-state index in [0.29, 0.717) is 12.1 Å². The van der Waals surface area contributed by atoms with Crippen LogP contribution in [0, 0.1) is 0 Å². The molecule has 0 amide bonds. The molecule has 3 aliphatic rings. The molecular formula is C26H45N3O3+2. The zero-order valence-electron chi connectivity index (χ0n) is 20.3. The summed E-state index contributed by atoms with van der Waals surface area (Å²) in [5.41, 5.74) is 4.08. The summed E-state index contributed by atoms with van der Waals surface area (Å²) in [6, 6.07) is 8.09. The Labute approximate surface area is 194 Å². The predicted octanol–water partition coefficient (Wildman–Crippen LogP) is 1.85. The second kappa shape index (κ2) is 10.1. The molecule has 6 heteroatoms. The van der Waals surface area contributed by atoms with E-state index < -0.39 is 0 Å². The molecule has 0 bridgehead atoms. The van der Waals surface area contributed by atoms with Gasteiger partial charge in [-0.2, -0.15) is 0 Å². The highest BCUT2D eigenvalue weighted by molar-refractivity contribution is 5.30. The van der Waals surface area contributed by atoms with Crippen LogP contribution in [0.2, 0.25) is 0 Å². The number of rotatable bonds is 9. The number of likely N-dealkylation sites (tertiary alicyclic amines) is 3. The molecular weight excluding hydrogens is 402 g/mol. The third kappa shape index (κ3) is 5.06. The monoisotopic (exact) mass is 447 g/mol. The van der Waals surface area contributed by atoms with Gasteiger partial charge in [0.1, 0.15) is 25.2 Å². The van der Waals surface area contributed by atoms with Crippen LogP contribution in [0.15, 0.2) is 18.2 Å². The molecule has 3 saturated heterocycles. The molecule has 6 nitrogen and oxygen atoms in total. The largest absolute Gasteiger partial charge is 0.395 e. The molecule has 3 N–H and O–H groups in total. The summed E-state index contributed by atoms with van der Waals surface area (Å²) in [5.74, 6) is 0. The molecule has 2 unspecified atom stereocenters. The fourth-order valence-electron chi connectivity index (χ4n) is 6.85. The van der Waals surface area contributed by atoms with Crippen molar-refractivity contribution in [2.75, 3.05) is 53.6 Å². The lowest BCUT2D eigenvalue weighted by Crippen LogP contribution is -2.49. The lowest BCUT2D eigenvalue weighted by Gasteiger charge is -2.37. The summed E-state index contributed by atoms with van der Waals surface area (Å²) in [5, 5.41) is 29.7. The summed E-state index contributed by atoms with van der Waals surface area (Å²) in [4.78, 5) is 2.44. The highest BCUT2D eigenvalue weighted by Gasteiger charge is 2.39. The molecule has 5 atom stereocenters. The first-order valence-electron chi connectivity index (χ1n) is 12.8. The summed E-state index contributed by atoms with van der Waals surface area (Å²) in [6.07, 6.45) is 6.85. The van der Waals surface area contributed by atoms with E-state index in [4.69, 9.17) is 0 Å². The Bertz CT molecular complexity index is 726. The van der Waals surface area contributed by atoms with E-state index in [1.165, 1.54) is 29.5 Å². The van der Waals surface area contributed by atoms with Gasteiger partial charge in [0.25, 0.3) is 0 Å². The number of hydrogen-bond acceptors (Lipinski definition) is 4. The van der Waals surface area contributed by atoms with Gasteiger partial charge in [-0.3, -0.25) is 4.90 Å². The van der Waals surface area contributed by atoms with Crippen LogP contribution in [0.3, 0.4) is 0 Å². The molecule has 0 radical (unpaired) electrons. The van der Waals surface area contributed by atoms with Crippen LogP contribution in [0.1, 0.15) is 55.2 Å². The van der Waals surface area contributed by atoms with Crippen molar-refractivity contribution in [1.29, 1.82) is 0 Å². The molecule has 3 aliphatic heterocycles. The molecule has 3 fully saturated rings. The lowest BCUT2D eigenvalue weighted by atomic mass is 10.0. The first-order chi connectivity index (χ1) is 15.4. The molecule has 32 heavy (non-hydrogen) atoms. The number of aliphatic hydroxyl groups excluding tert-OH is 3. The standard InChI is InChI=1S/C26H45N3O3/c1-28(10-4-7-25(28)19-31)16-22-12-21(15-27-9-3-6-24(27)18-30)13-23(14-22)17-29(2)11-5-8-26(29)20-32/h12-14,24-26,30-32H,3-11,15-20H2,1-2H3/q+2/t24-,25-,26-,28?,29?/m0/s1. The second-order valence-electron chi connectivity index (χ2n) is 11.3. The van der Waals surface area contributed by atoms with Gasteiger partial charge in [0.2, 0.25) is 0 Å². The molecule has 0 spiro atoms. The highest BCUT2D eigenvalue weighted by Crippen LogP contribution is 2.31. The van der Waals surface area contributed by atoms with Gasteiger partial charge in [-0.15, -0.1) is 0 Å².